The van der Waals surface area contributed by atoms with Crippen LogP contribution >= 0.6 is 36.4 Å². The molecule has 0 aliphatic heterocycles. The lowest BCUT2D eigenvalue weighted by atomic mass is 10.1. The van der Waals surface area contributed by atoms with Crippen molar-refractivity contribution in [3.63, 3.8) is 0 Å². The number of rotatable bonds is 13. The van der Waals surface area contributed by atoms with Crippen LogP contribution in [0.3, 0.4) is 0 Å². The Balaban J connectivity index is 0.00000420. The summed E-state index contributed by atoms with van der Waals surface area (Å²) < 4.78 is 12.0. The summed E-state index contributed by atoms with van der Waals surface area (Å²) in [5, 5.41) is 4.27. The maximum Gasteiger partial charge on any atom is 0.166 e. The number of hydrogen-bond donors (Lipinski definition) is 1. The Morgan fingerprint density at radius 2 is 1.63 bits per heavy atom. The van der Waals surface area contributed by atoms with E-state index in [9.17, 15) is 0 Å². The molecule has 0 spiro atoms. The number of benzene rings is 2. The van der Waals surface area contributed by atoms with E-state index >= 15 is 0 Å². The van der Waals surface area contributed by atoms with E-state index in [1.807, 2.05) is 43.3 Å². The van der Waals surface area contributed by atoms with Crippen molar-refractivity contribution in [3.05, 3.63) is 58.6 Å². The predicted molar refractivity (Wildman–Crippen MR) is 132 cm³/mol. The third-order valence-corrected chi connectivity index (χ3v) is 4.95. The van der Waals surface area contributed by atoms with E-state index in [4.69, 9.17) is 21.1 Å². The van der Waals surface area contributed by atoms with Crippen LogP contribution in [0.15, 0.2) is 42.5 Å². The zero-order valence-corrected chi connectivity index (χ0v) is 20.5. The quantitative estimate of drug-likeness (QED) is 0.360. The maximum absolute atomic E-state index is 6.16. The molecule has 0 aromatic heterocycles. The van der Waals surface area contributed by atoms with Crippen molar-refractivity contribution in [1.29, 1.82) is 0 Å². The molecule has 0 fully saturated rings. The van der Waals surface area contributed by atoms with Crippen LogP contribution in [-0.4, -0.2) is 37.7 Å². The molecule has 0 aliphatic carbocycles. The summed E-state index contributed by atoms with van der Waals surface area (Å²) >= 11 is 5.97. The topological polar surface area (TPSA) is 33.7 Å². The van der Waals surface area contributed by atoms with E-state index in [1.165, 1.54) is 0 Å². The highest BCUT2D eigenvalue weighted by atomic mass is 35.5. The zero-order valence-electron chi connectivity index (χ0n) is 18.2. The van der Waals surface area contributed by atoms with Crippen molar-refractivity contribution in [1.82, 2.24) is 10.2 Å². The van der Waals surface area contributed by atoms with E-state index in [0.717, 1.165) is 66.8 Å². The number of nitrogens with one attached hydrogen (secondary N) is 1. The van der Waals surface area contributed by atoms with Gasteiger partial charge in [-0.2, -0.15) is 0 Å². The van der Waals surface area contributed by atoms with Crippen molar-refractivity contribution in [2.24, 2.45) is 0 Å². The minimum Gasteiger partial charge on any atom is -0.490 e. The van der Waals surface area contributed by atoms with Crippen molar-refractivity contribution in [2.75, 3.05) is 32.8 Å². The minimum atomic E-state index is 0. The summed E-state index contributed by atoms with van der Waals surface area (Å²) in [5.74, 6) is 1.61. The number of hydrogen-bond acceptors (Lipinski definition) is 4. The Morgan fingerprint density at radius 3 is 2.27 bits per heavy atom. The molecule has 30 heavy (non-hydrogen) atoms. The summed E-state index contributed by atoms with van der Waals surface area (Å²) in [4.78, 5) is 2.44. The van der Waals surface area contributed by atoms with Gasteiger partial charge in [-0.15, -0.1) is 24.8 Å². The second-order valence-corrected chi connectivity index (χ2v) is 7.09. The molecule has 170 valence electrons. The highest BCUT2D eigenvalue weighted by Crippen LogP contribution is 2.32. The normalized spacial score (nSPS) is 10.3. The molecule has 2 aromatic carbocycles. The standard InChI is InChI=1S/C23H33ClN2O2.2ClH/c1-4-26(5-2)16-8-15-25-17-20-9-7-10-22(27-6-3)23(20)28-18-19-11-13-21(24)14-12-19;;/h7,9-14,25H,4-6,8,15-18H2,1-3H3;2*1H. The molecule has 0 saturated heterocycles. The Hall–Kier alpha value is -1.17. The molecule has 2 aromatic rings. The monoisotopic (exact) mass is 476 g/mol. The van der Waals surface area contributed by atoms with Crippen LogP contribution in [0.2, 0.25) is 5.02 Å². The second kappa shape index (κ2) is 16.5. The molecular formula is C23H35Cl3N2O2. The lowest BCUT2D eigenvalue weighted by Gasteiger charge is -2.18. The molecule has 0 radical (unpaired) electrons. The van der Waals surface area contributed by atoms with E-state index in [0.29, 0.717) is 13.2 Å². The summed E-state index contributed by atoms with van der Waals surface area (Å²) in [6.07, 6.45) is 1.13. The van der Waals surface area contributed by atoms with Crippen molar-refractivity contribution in [2.45, 2.75) is 40.3 Å². The SMILES string of the molecule is CCOc1cccc(CNCCCN(CC)CC)c1OCc1ccc(Cl)cc1.Cl.Cl. The van der Waals surface area contributed by atoms with E-state index in [-0.39, 0.29) is 24.8 Å². The number of halogens is 3. The van der Waals surface area contributed by atoms with Crippen LogP contribution in [0, 0.1) is 0 Å². The highest BCUT2D eigenvalue weighted by Gasteiger charge is 2.11. The van der Waals surface area contributed by atoms with Gasteiger partial charge in [0.2, 0.25) is 0 Å². The van der Waals surface area contributed by atoms with Crippen LogP contribution in [0.25, 0.3) is 0 Å². The Kier molecular flexibility index (Phi) is 15.9. The Morgan fingerprint density at radius 1 is 0.933 bits per heavy atom. The van der Waals surface area contributed by atoms with Gasteiger partial charge in [-0.3, -0.25) is 0 Å². The van der Waals surface area contributed by atoms with Gasteiger partial charge < -0.3 is 19.7 Å². The molecule has 0 atom stereocenters. The average Bonchev–Trinajstić information content (AvgIpc) is 2.71. The summed E-state index contributed by atoms with van der Waals surface area (Å²) in [5.41, 5.74) is 2.19. The van der Waals surface area contributed by atoms with Gasteiger partial charge in [0.15, 0.2) is 11.5 Å². The molecule has 0 saturated carbocycles. The third kappa shape index (κ3) is 9.76. The van der Waals surface area contributed by atoms with Crippen molar-refractivity contribution < 1.29 is 9.47 Å². The fourth-order valence-corrected chi connectivity index (χ4v) is 3.19. The lowest BCUT2D eigenvalue weighted by Crippen LogP contribution is -2.27. The van der Waals surface area contributed by atoms with Crippen LogP contribution in [0.4, 0.5) is 0 Å². The zero-order chi connectivity index (χ0) is 20.2. The van der Waals surface area contributed by atoms with Gasteiger partial charge in [-0.1, -0.05) is 49.7 Å². The molecule has 1 N–H and O–H groups in total. The van der Waals surface area contributed by atoms with Crippen LogP contribution in [-0.2, 0) is 13.2 Å². The van der Waals surface area contributed by atoms with Crippen molar-refractivity contribution in [3.8, 4) is 11.5 Å². The molecule has 2 rings (SSSR count). The van der Waals surface area contributed by atoms with E-state index in [2.05, 4.69) is 30.1 Å². The van der Waals surface area contributed by atoms with Crippen LogP contribution in [0.5, 0.6) is 11.5 Å². The molecule has 0 bridgehead atoms. The van der Waals surface area contributed by atoms with Gasteiger partial charge in [-0.05, 0) is 63.3 Å². The molecule has 0 amide bonds. The van der Waals surface area contributed by atoms with Crippen LogP contribution < -0.4 is 14.8 Å². The smallest absolute Gasteiger partial charge is 0.166 e. The van der Waals surface area contributed by atoms with Crippen LogP contribution in [0.1, 0.15) is 38.3 Å². The second-order valence-electron chi connectivity index (χ2n) is 6.65. The van der Waals surface area contributed by atoms with Gasteiger partial charge in [0.25, 0.3) is 0 Å². The first-order valence-electron chi connectivity index (χ1n) is 10.2. The predicted octanol–water partition coefficient (Wildman–Crippen LogP) is 5.98. The summed E-state index contributed by atoms with van der Waals surface area (Å²) in [6.45, 7) is 12.6. The maximum atomic E-state index is 6.16. The average molecular weight is 478 g/mol. The number of para-hydroxylation sites is 1. The highest BCUT2D eigenvalue weighted by molar-refractivity contribution is 6.30. The fourth-order valence-electron chi connectivity index (χ4n) is 3.06. The summed E-state index contributed by atoms with van der Waals surface area (Å²) in [7, 11) is 0. The number of nitrogens with zero attached hydrogens (tertiary/aromatic N) is 1. The number of ether oxygens (including phenoxy) is 2. The van der Waals surface area contributed by atoms with Gasteiger partial charge in [0.1, 0.15) is 6.61 Å². The van der Waals surface area contributed by atoms with Gasteiger partial charge >= 0.3 is 0 Å². The third-order valence-electron chi connectivity index (χ3n) is 4.69. The fraction of sp³-hybridized carbons (Fsp3) is 0.478. The molecular weight excluding hydrogens is 443 g/mol. The van der Waals surface area contributed by atoms with Gasteiger partial charge in [0, 0.05) is 17.1 Å². The van der Waals surface area contributed by atoms with E-state index in [1.54, 1.807) is 0 Å². The molecule has 0 aliphatic rings. The van der Waals surface area contributed by atoms with Gasteiger partial charge in [0.05, 0.1) is 6.61 Å². The Labute approximate surface area is 199 Å². The minimum absolute atomic E-state index is 0. The molecule has 7 heteroatoms. The lowest BCUT2D eigenvalue weighted by molar-refractivity contribution is 0.266. The summed E-state index contributed by atoms with van der Waals surface area (Å²) in [6, 6.07) is 13.8. The van der Waals surface area contributed by atoms with Crippen molar-refractivity contribution >= 4 is 36.4 Å². The van der Waals surface area contributed by atoms with E-state index < -0.39 is 0 Å². The first-order chi connectivity index (χ1) is 13.7. The molecule has 4 nitrogen and oxygen atoms in total. The van der Waals surface area contributed by atoms with Gasteiger partial charge in [-0.25, -0.2) is 0 Å². The molecule has 0 heterocycles. The largest absolute Gasteiger partial charge is 0.490 e. The Bertz CT molecular complexity index is 695. The molecule has 0 unspecified atom stereocenters. The first kappa shape index (κ1) is 28.8. The first-order valence-corrected chi connectivity index (χ1v) is 10.6.